The minimum atomic E-state index is -1.84. The molecular formula is C19H34O4SSi. The highest BCUT2D eigenvalue weighted by Crippen LogP contribution is 2.39. The van der Waals surface area contributed by atoms with Gasteiger partial charge < -0.3 is 9.16 Å². The summed E-state index contributed by atoms with van der Waals surface area (Å²) in [5.41, 5.74) is 0. The molecule has 0 heterocycles. The fourth-order valence-electron chi connectivity index (χ4n) is 2.32. The number of Topliss-reactive ketones (excluding diaryl/α,β-unsaturated/α-hetero) is 1. The Morgan fingerprint density at radius 3 is 2.48 bits per heavy atom. The number of rotatable bonds is 10. The minimum absolute atomic E-state index is 0.0420. The van der Waals surface area contributed by atoms with Crippen LogP contribution in [0.25, 0.3) is 0 Å². The van der Waals surface area contributed by atoms with Crippen LogP contribution in [0, 0.1) is 0 Å². The average molecular weight is 387 g/mol. The Morgan fingerprint density at radius 1 is 1.24 bits per heavy atom. The fraction of sp³-hybridized carbons (Fsp3) is 0.789. The molecule has 0 fully saturated rings. The van der Waals surface area contributed by atoms with Gasteiger partial charge in [0.1, 0.15) is 0 Å². The van der Waals surface area contributed by atoms with E-state index in [0.717, 1.165) is 36.3 Å². The van der Waals surface area contributed by atoms with Gasteiger partial charge in [0.05, 0.1) is 12.7 Å². The van der Waals surface area contributed by atoms with Crippen LogP contribution in [0.1, 0.15) is 59.8 Å². The van der Waals surface area contributed by atoms with E-state index < -0.39 is 8.32 Å². The number of allylic oxidation sites excluding steroid dienone is 1. The van der Waals surface area contributed by atoms with Gasteiger partial charge in [0, 0.05) is 18.2 Å². The van der Waals surface area contributed by atoms with Crippen molar-refractivity contribution >= 4 is 31.8 Å². The average Bonchev–Trinajstić information content (AvgIpc) is 2.79. The summed E-state index contributed by atoms with van der Waals surface area (Å²) in [6, 6.07) is 0. The Labute approximate surface area is 158 Å². The third kappa shape index (κ3) is 8.09. The van der Waals surface area contributed by atoms with E-state index in [2.05, 4.69) is 33.9 Å². The normalized spacial score (nSPS) is 18.4. The fourth-order valence-corrected chi connectivity index (χ4v) is 4.64. The number of esters is 1. The van der Waals surface area contributed by atoms with Crippen molar-refractivity contribution < 1.29 is 18.8 Å². The summed E-state index contributed by atoms with van der Waals surface area (Å²) < 4.78 is 11.3. The van der Waals surface area contributed by atoms with E-state index in [-0.39, 0.29) is 22.9 Å². The van der Waals surface area contributed by atoms with Crippen molar-refractivity contribution in [2.45, 2.75) is 84.0 Å². The molecule has 1 atom stereocenters. The van der Waals surface area contributed by atoms with Crippen LogP contribution in [0.5, 0.6) is 0 Å². The number of thioether (sulfide) groups is 1. The van der Waals surface area contributed by atoms with E-state index >= 15 is 0 Å². The molecule has 0 aromatic heterocycles. The third-order valence-corrected chi connectivity index (χ3v) is 10.5. The number of ketones is 1. The lowest BCUT2D eigenvalue weighted by Gasteiger charge is -2.37. The van der Waals surface area contributed by atoms with E-state index in [1.165, 1.54) is 6.92 Å². The van der Waals surface area contributed by atoms with Crippen LogP contribution in [-0.2, 0) is 18.8 Å². The molecule has 0 spiro atoms. The maximum Gasteiger partial charge on any atom is 0.302 e. The summed E-state index contributed by atoms with van der Waals surface area (Å²) in [7, 11) is -1.84. The summed E-state index contributed by atoms with van der Waals surface area (Å²) in [5, 5.41) is 0.159. The first-order valence-corrected chi connectivity index (χ1v) is 13.1. The predicted octanol–water partition coefficient (Wildman–Crippen LogP) is 5.09. The number of carbonyl (C=O) groups excluding carboxylic acids is 2. The monoisotopic (exact) mass is 386 g/mol. The molecule has 1 unspecified atom stereocenters. The quantitative estimate of drug-likeness (QED) is 0.297. The smallest absolute Gasteiger partial charge is 0.302 e. The lowest BCUT2D eigenvalue weighted by Crippen LogP contribution is -2.43. The van der Waals surface area contributed by atoms with Gasteiger partial charge in [-0.05, 0) is 42.8 Å². The molecule has 0 amide bonds. The van der Waals surface area contributed by atoms with Gasteiger partial charge in [0.2, 0.25) is 0 Å². The van der Waals surface area contributed by atoms with Crippen molar-refractivity contribution in [2.75, 3.05) is 12.4 Å². The molecule has 0 aliphatic heterocycles. The summed E-state index contributed by atoms with van der Waals surface area (Å²) in [6.45, 7) is 13.1. The van der Waals surface area contributed by atoms with Crippen molar-refractivity contribution in [3.63, 3.8) is 0 Å². The highest BCUT2D eigenvalue weighted by atomic mass is 32.2. The van der Waals surface area contributed by atoms with Gasteiger partial charge in [-0.1, -0.05) is 33.6 Å². The molecule has 0 aromatic rings. The molecule has 0 N–H and O–H groups in total. The second-order valence-corrected chi connectivity index (χ2v) is 14.1. The molecule has 144 valence electrons. The first-order valence-electron chi connectivity index (χ1n) is 9.22. The largest absolute Gasteiger partial charge is 0.466 e. The molecule has 0 bridgehead atoms. The Morgan fingerprint density at radius 2 is 1.88 bits per heavy atom. The third-order valence-electron chi connectivity index (χ3n) is 4.85. The van der Waals surface area contributed by atoms with E-state index in [1.807, 2.05) is 6.08 Å². The van der Waals surface area contributed by atoms with E-state index in [9.17, 15) is 9.59 Å². The maximum absolute atomic E-state index is 12.2. The van der Waals surface area contributed by atoms with Crippen LogP contribution in [0.3, 0.4) is 0 Å². The van der Waals surface area contributed by atoms with Gasteiger partial charge in [-0.25, -0.2) is 0 Å². The van der Waals surface area contributed by atoms with Gasteiger partial charge in [0.25, 0.3) is 0 Å². The minimum Gasteiger partial charge on any atom is -0.466 e. The zero-order valence-corrected chi connectivity index (χ0v) is 18.5. The highest BCUT2D eigenvalue weighted by molar-refractivity contribution is 8.04. The summed E-state index contributed by atoms with van der Waals surface area (Å²) in [6.07, 6.45) is 6.63. The number of ether oxygens (including phenoxy) is 1. The molecular weight excluding hydrogens is 352 g/mol. The van der Waals surface area contributed by atoms with Crippen LogP contribution in [-0.4, -0.2) is 38.5 Å². The summed E-state index contributed by atoms with van der Waals surface area (Å²) >= 11 is 1.66. The first-order chi connectivity index (χ1) is 11.5. The van der Waals surface area contributed by atoms with Crippen LogP contribution in [0.15, 0.2) is 11.0 Å². The van der Waals surface area contributed by atoms with Crippen LogP contribution < -0.4 is 0 Å². The topological polar surface area (TPSA) is 52.6 Å². The van der Waals surface area contributed by atoms with Crippen molar-refractivity contribution in [3.8, 4) is 0 Å². The zero-order chi connectivity index (χ0) is 19.1. The van der Waals surface area contributed by atoms with Gasteiger partial charge in [-0.2, -0.15) is 0 Å². The van der Waals surface area contributed by atoms with E-state index in [0.29, 0.717) is 13.0 Å². The molecule has 1 aliphatic rings. The molecule has 25 heavy (non-hydrogen) atoms. The van der Waals surface area contributed by atoms with Gasteiger partial charge in [0.15, 0.2) is 14.1 Å². The van der Waals surface area contributed by atoms with E-state index in [1.54, 1.807) is 11.8 Å². The summed E-state index contributed by atoms with van der Waals surface area (Å²) in [4.78, 5) is 23.7. The molecule has 0 radical (unpaired) electrons. The van der Waals surface area contributed by atoms with E-state index in [4.69, 9.17) is 9.16 Å². The molecule has 0 saturated carbocycles. The van der Waals surface area contributed by atoms with Crippen molar-refractivity contribution in [2.24, 2.45) is 0 Å². The lowest BCUT2D eigenvalue weighted by molar-refractivity contribution is -0.141. The molecule has 6 heteroatoms. The molecule has 0 saturated heterocycles. The maximum atomic E-state index is 12.2. The zero-order valence-electron chi connectivity index (χ0n) is 16.6. The standard InChI is InChI=1S/C19H34O4SSi/c1-15(20)22-11-9-7-8-10-12-24-18-14-16(13-17(18)21)23-25(5,6)19(2,3)4/h14,16H,7-13H2,1-6H3. The molecule has 4 nitrogen and oxygen atoms in total. The second kappa shape index (κ2) is 9.93. The van der Waals surface area contributed by atoms with Gasteiger partial charge in [-0.3, -0.25) is 9.59 Å². The predicted molar refractivity (Wildman–Crippen MR) is 107 cm³/mol. The Bertz CT molecular complexity index is 494. The Hall–Kier alpha value is -0.593. The second-order valence-electron chi connectivity index (χ2n) is 8.18. The number of unbranched alkanes of at least 4 members (excludes halogenated alkanes) is 3. The Balaban J connectivity index is 2.28. The van der Waals surface area contributed by atoms with Gasteiger partial charge >= 0.3 is 5.97 Å². The number of hydrogen-bond donors (Lipinski definition) is 0. The van der Waals surface area contributed by atoms with Crippen molar-refractivity contribution in [1.29, 1.82) is 0 Å². The van der Waals surface area contributed by atoms with Crippen LogP contribution >= 0.6 is 11.8 Å². The van der Waals surface area contributed by atoms with Gasteiger partial charge in [-0.15, -0.1) is 11.8 Å². The SMILES string of the molecule is CC(=O)OCCCCCCSC1=CC(O[Si](C)(C)C(C)(C)C)CC1=O. The molecule has 1 aliphatic carbocycles. The summed E-state index contributed by atoms with van der Waals surface area (Å²) in [5.74, 6) is 0.970. The number of hydrogen-bond acceptors (Lipinski definition) is 5. The lowest BCUT2D eigenvalue weighted by atomic mass is 10.2. The highest BCUT2D eigenvalue weighted by Gasteiger charge is 2.40. The van der Waals surface area contributed by atoms with Crippen molar-refractivity contribution in [1.82, 2.24) is 0 Å². The van der Waals surface area contributed by atoms with Crippen LogP contribution in [0.4, 0.5) is 0 Å². The van der Waals surface area contributed by atoms with Crippen LogP contribution in [0.2, 0.25) is 18.1 Å². The molecule has 1 rings (SSSR count). The number of carbonyl (C=O) groups is 2. The molecule has 0 aromatic carbocycles. The first kappa shape index (κ1) is 22.4. The van der Waals surface area contributed by atoms with Crippen molar-refractivity contribution in [3.05, 3.63) is 11.0 Å². The Kier molecular flexibility index (Phi) is 8.91.